The highest BCUT2D eigenvalue weighted by atomic mass is 31.1. The first-order chi connectivity index (χ1) is 21.0. The van der Waals surface area contributed by atoms with Crippen molar-refractivity contribution in [1.82, 2.24) is 34.9 Å². The van der Waals surface area contributed by atoms with Crippen LogP contribution in [0.5, 0.6) is 28.9 Å². The summed E-state index contributed by atoms with van der Waals surface area (Å²) in [6.07, 6.45) is 5.12. The fraction of sp³-hybridized carbons (Fsp3) is 0.310. The number of fused-ring (bicyclic) bond motifs is 1. The van der Waals surface area contributed by atoms with Crippen molar-refractivity contribution in [1.29, 1.82) is 0 Å². The number of benzene rings is 2. The van der Waals surface area contributed by atoms with Gasteiger partial charge in [0.25, 0.3) is 5.88 Å². The molecule has 2 aromatic carbocycles. The molecule has 0 fully saturated rings. The van der Waals surface area contributed by atoms with Crippen LogP contribution in [-0.2, 0) is 4.74 Å². The maximum absolute atomic E-state index is 12.1. The standard InChI is InChI=1S/C29H34N7O6P/c1-5-14-43-42-22-12-10-21(11-13-22)40-18-30-15-19(2)26-32-27-25(35-17-20(16-31-35)29(37)39-4)28(34-36(27)33-26)41-24-9-7-6-8-23(24)38-3/h6-13,16-17,19,30,43H,5,14-15,18H2,1-4H3,(H,32,33). The number of carbonyl (C=O) groups excluding carboxylic acids is 1. The summed E-state index contributed by atoms with van der Waals surface area (Å²) in [4.78, 5) is 16.9. The highest BCUT2D eigenvalue weighted by molar-refractivity contribution is 7.32. The maximum Gasteiger partial charge on any atom is 0.341 e. The Hall–Kier alpha value is -4.61. The van der Waals surface area contributed by atoms with Gasteiger partial charge in [0.1, 0.15) is 24.1 Å². The molecule has 2 unspecified atom stereocenters. The first-order valence-corrected chi connectivity index (χ1v) is 14.9. The third-order valence-electron chi connectivity index (χ3n) is 6.39. The molecule has 0 bridgehead atoms. The predicted octanol–water partition coefficient (Wildman–Crippen LogP) is 4.94. The summed E-state index contributed by atoms with van der Waals surface area (Å²) in [5, 5.41) is 15.5. The molecule has 0 aliphatic heterocycles. The number of nitrogens with zero attached hydrogens (tertiary/aromatic N) is 5. The topological polar surface area (TPSA) is 139 Å². The lowest BCUT2D eigenvalue weighted by Crippen LogP contribution is -2.25. The number of hydrogen-bond donors (Lipinski definition) is 2. The smallest absolute Gasteiger partial charge is 0.341 e. The molecule has 0 amide bonds. The molecule has 2 N–H and O–H groups in total. The quantitative estimate of drug-likeness (QED) is 0.0728. The first kappa shape index (κ1) is 29.9. The van der Waals surface area contributed by atoms with Crippen LogP contribution in [0.1, 0.15) is 42.4 Å². The molecule has 13 nitrogen and oxygen atoms in total. The lowest BCUT2D eigenvalue weighted by molar-refractivity contribution is 0.0600. The number of ether oxygens (including phenoxy) is 4. The largest absolute Gasteiger partial charge is 0.493 e. The highest BCUT2D eigenvalue weighted by Gasteiger charge is 2.24. The number of hydrogen-bond acceptors (Lipinski definition) is 10. The summed E-state index contributed by atoms with van der Waals surface area (Å²) < 4.78 is 31.0. The van der Waals surface area contributed by atoms with E-state index in [-0.39, 0.29) is 17.4 Å². The van der Waals surface area contributed by atoms with Crippen molar-refractivity contribution in [3.63, 3.8) is 0 Å². The lowest BCUT2D eigenvalue weighted by Gasteiger charge is -2.12. The van der Waals surface area contributed by atoms with Gasteiger partial charge in [-0.05, 0) is 42.8 Å². The molecular formula is C29H34N7O6P. The van der Waals surface area contributed by atoms with E-state index in [1.807, 2.05) is 43.3 Å². The van der Waals surface area contributed by atoms with Gasteiger partial charge in [-0.25, -0.2) is 14.5 Å². The Balaban J connectivity index is 1.29. The molecule has 5 rings (SSSR count). The van der Waals surface area contributed by atoms with Crippen LogP contribution in [0.25, 0.3) is 11.3 Å². The molecule has 5 aromatic rings. The molecule has 0 saturated carbocycles. The number of aromatic amines is 1. The molecule has 43 heavy (non-hydrogen) atoms. The van der Waals surface area contributed by atoms with E-state index in [1.165, 1.54) is 22.6 Å². The summed E-state index contributed by atoms with van der Waals surface area (Å²) >= 11 is 0. The van der Waals surface area contributed by atoms with Crippen molar-refractivity contribution < 1.29 is 28.3 Å². The summed E-state index contributed by atoms with van der Waals surface area (Å²) in [7, 11) is 3.34. The lowest BCUT2D eigenvalue weighted by atomic mass is 10.2. The van der Waals surface area contributed by atoms with Gasteiger partial charge >= 0.3 is 5.97 Å². The van der Waals surface area contributed by atoms with Crippen LogP contribution >= 0.6 is 8.81 Å². The van der Waals surface area contributed by atoms with E-state index in [4.69, 9.17) is 28.5 Å². The monoisotopic (exact) mass is 607 g/mol. The first-order valence-electron chi connectivity index (χ1n) is 13.8. The van der Waals surface area contributed by atoms with E-state index in [1.54, 1.807) is 25.4 Å². The minimum absolute atomic E-state index is 0.0182. The van der Waals surface area contributed by atoms with Crippen LogP contribution in [0.4, 0.5) is 0 Å². The fourth-order valence-electron chi connectivity index (χ4n) is 4.12. The van der Waals surface area contributed by atoms with Crippen molar-refractivity contribution in [2.24, 2.45) is 0 Å². The average Bonchev–Trinajstić information content (AvgIpc) is 3.75. The summed E-state index contributed by atoms with van der Waals surface area (Å²) in [5.74, 6) is 2.97. The number of nitrogens with one attached hydrogen (secondary N) is 2. The molecular weight excluding hydrogens is 573 g/mol. The molecule has 0 aliphatic carbocycles. The van der Waals surface area contributed by atoms with Crippen molar-refractivity contribution in [3.05, 3.63) is 72.3 Å². The zero-order valence-electron chi connectivity index (χ0n) is 24.4. The zero-order valence-corrected chi connectivity index (χ0v) is 25.4. The summed E-state index contributed by atoms with van der Waals surface area (Å²) in [6, 6.07) is 14.8. The van der Waals surface area contributed by atoms with Gasteiger partial charge in [0.15, 0.2) is 17.2 Å². The van der Waals surface area contributed by atoms with Crippen LogP contribution in [-0.4, -0.2) is 69.2 Å². The Bertz CT molecular complexity index is 1650. The molecule has 226 valence electrons. The minimum atomic E-state index is -0.511. The summed E-state index contributed by atoms with van der Waals surface area (Å²) in [6.45, 7) is 5.09. The van der Waals surface area contributed by atoms with Gasteiger partial charge in [0.05, 0.1) is 34.8 Å². The van der Waals surface area contributed by atoms with E-state index in [2.05, 4.69) is 27.5 Å². The third kappa shape index (κ3) is 7.07. The minimum Gasteiger partial charge on any atom is -0.493 e. The van der Waals surface area contributed by atoms with Crippen molar-refractivity contribution in [2.75, 3.05) is 33.7 Å². The molecule has 0 aliphatic rings. The number of aromatic nitrogens is 6. The molecule has 0 saturated heterocycles. The molecule has 0 radical (unpaired) electrons. The number of H-pyrrole nitrogens is 1. The van der Waals surface area contributed by atoms with Gasteiger partial charge in [-0.15, -0.1) is 9.73 Å². The van der Waals surface area contributed by atoms with Crippen molar-refractivity contribution in [3.8, 4) is 34.6 Å². The van der Waals surface area contributed by atoms with Gasteiger partial charge in [0, 0.05) is 24.8 Å². The Kier molecular flexibility index (Phi) is 9.75. The third-order valence-corrected chi connectivity index (χ3v) is 7.47. The number of carbonyl (C=O) groups is 1. The Morgan fingerprint density at radius 1 is 1.09 bits per heavy atom. The number of rotatable bonds is 15. The molecule has 0 spiro atoms. The Morgan fingerprint density at radius 3 is 2.60 bits per heavy atom. The number of para-hydroxylation sites is 2. The maximum atomic E-state index is 12.1. The molecule has 3 heterocycles. The predicted molar refractivity (Wildman–Crippen MR) is 161 cm³/mol. The fourth-order valence-corrected chi connectivity index (χ4v) is 4.73. The van der Waals surface area contributed by atoms with E-state index < -0.39 is 5.97 Å². The van der Waals surface area contributed by atoms with Crippen molar-refractivity contribution in [2.45, 2.75) is 26.2 Å². The second-order valence-corrected chi connectivity index (χ2v) is 10.5. The average molecular weight is 608 g/mol. The van der Waals surface area contributed by atoms with Crippen LogP contribution in [0.15, 0.2) is 60.9 Å². The number of methoxy groups -OCH3 is 2. The second-order valence-electron chi connectivity index (χ2n) is 9.53. The van der Waals surface area contributed by atoms with Gasteiger partial charge < -0.3 is 23.5 Å². The molecule has 2 atom stereocenters. The molecule has 3 aromatic heterocycles. The van der Waals surface area contributed by atoms with E-state index >= 15 is 0 Å². The highest BCUT2D eigenvalue weighted by Crippen LogP contribution is 2.35. The van der Waals surface area contributed by atoms with Gasteiger partial charge in [-0.2, -0.15) is 5.10 Å². The van der Waals surface area contributed by atoms with Gasteiger partial charge in [0.2, 0.25) is 5.65 Å². The number of esters is 1. The zero-order chi connectivity index (χ0) is 30.2. The SMILES string of the molecule is CCCPOc1ccc(OCNCC(C)c2nc3c(-n4cc(C(=O)OC)cn4)c(Oc4ccccc4OC)nn3[nH]2)cc1. The molecule has 14 heteroatoms. The van der Waals surface area contributed by atoms with Crippen molar-refractivity contribution >= 4 is 20.4 Å². The Morgan fingerprint density at radius 2 is 1.86 bits per heavy atom. The van der Waals surface area contributed by atoms with E-state index in [9.17, 15) is 4.79 Å². The van der Waals surface area contributed by atoms with Crippen LogP contribution in [0, 0.1) is 0 Å². The van der Waals surface area contributed by atoms with E-state index in [0.717, 1.165) is 24.1 Å². The van der Waals surface area contributed by atoms with Crippen LogP contribution in [0.3, 0.4) is 0 Å². The van der Waals surface area contributed by atoms with Gasteiger partial charge in [-0.3, -0.25) is 10.4 Å². The normalized spacial score (nSPS) is 12.1. The van der Waals surface area contributed by atoms with Crippen LogP contribution < -0.4 is 24.1 Å². The van der Waals surface area contributed by atoms with Gasteiger partial charge in [-0.1, -0.05) is 26.0 Å². The van der Waals surface area contributed by atoms with E-state index in [0.29, 0.717) is 50.7 Å². The Labute approximate surface area is 250 Å². The second kappa shape index (κ2) is 14.0. The summed E-state index contributed by atoms with van der Waals surface area (Å²) in [5.41, 5.74) is 1.18. The van der Waals surface area contributed by atoms with Crippen LogP contribution in [0.2, 0.25) is 0 Å².